The summed E-state index contributed by atoms with van der Waals surface area (Å²) in [7, 11) is 1.22. The third-order valence-electron chi connectivity index (χ3n) is 2.69. The molecule has 0 saturated carbocycles. The van der Waals surface area contributed by atoms with E-state index in [1.54, 1.807) is 0 Å². The Bertz CT molecular complexity index is 791. The van der Waals surface area contributed by atoms with Crippen molar-refractivity contribution >= 4 is 23.8 Å². The van der Waals surface area contributed by atoms with Crippen LogP contribution in [0.2, 0.25) is 0 Å². The van der Waals surface area contributed by atoms with E-state index in [0.717, 1.165) is 0 Å². The molecule has 25 heavy (non-hydrogen) atoms. The van der Waals surface area contributed by atoms with Crippen molar-refractivity contribution < 1.29 is 28.9 Å². The number of benzene rings is 2. The first-order valence-electron chi connectivity index (χ1n) is 6.56. The van der Waals surface area contributed by atoms with Gasteiger partial charge in [0.1, 0.15) is 5.75 Å². The van der Waals surface area contributed by atoms with E-state index in [9.17, 15) is 29.8 Å². The Balaban J connectivity index is 0.000000251. The predicted molar refractivity (Wildman–Crippen MR) is 84.2 cm³/mol. The Morgan fingerprint density at radius 1 is 1.00 bits per heavy atom. The molecule has 10 heteroatoms. The van der Waals surface area contributed by atoms with Crippen molar-refractivity contribution in [3.05, 3.63) is 74.3 Å². The van der Waals surface area contributed by atoms with Gasteiger partial charge in [-0.25, -0.2) is 4.79 Å². The van der Waals surface area contributed by atoms with Crippen molar-refractivity contribution in [1.29, 1.82) is 0 Å². The Kier molecular flexibility index (Phi) is 7.19. The molecule has 0 N–H and O–H groups in total. The summed E-state index contributed by atoms with van der Waals surface area (Å²) in [6, 6.07) is 10.8. The fourth-order valence-electron chi connectivity index (χ4n) is 1.59. The van der Waals surface area contributed by atoms with Gasteiger partial charge in [0.25, 0.3) is 17.8 Å². The maximum absolute atomic E-state index is 10.9. The smallest absolute Gasteiger partial charge is 0.338 e. The van der Waals surface area contributed by atoms with E-state index in [2.05, 4.69) is 9.47 Å². The molecule has 0 atom stereocenters. The molecule has 0 saturated heterocycles. The number of methoxy groups -OCH3 is 1. The lowest BCUT2D eigenvalue weighted by Crippen LogP contribution is -2.01. The zero-order valence-corrected chi connectivity index (χ0v) is 12.9. The second-order valence-electron chi connectivity index (χ2n) is 4.27. The summed E-state index contributed by atoms with van der Waals surface area (Å²) in [5, 5.41) is 20.5. The molecule has 0 spiro atoms. The molecule has 0 fully saturated rings. The highest BCUT2D eigenvalue weighted by Crippen LogP contribution is 2.18. The van der Waals surface area contributed by atoms with Crippen molar-refractivity contribution in [2.24, 2.45) is 0 Å². The summed E-state index contributed by atoms with van der Waals surface area (Å²) in [6.45, 7) is 0.221. The van der Waals surface area contributed by atoms with E-state index in [0.29, 0.717) is 0 Å². The monoisotopic (exact) mass is 348 g/mol. The number of carbonyl (C=O) groups excluding carboxylic acids is 2. The van der Waals surface area contributed by atoms with Crippen LogP contribution in [0.3, 0.4) is 0 Å². The van der Waals surface area contributed by atoms with Gasteiger partial charge >= 0.3 is 5.97 Å². The molecule has 0 radical (unpaired) electrons. The van der Waals surface area contributed by atoms with Gasteiger partial charge in [0.05, 0.1) is 28.6 Å². The van der Waals surface area contributed by atoms with Crippen LogP contribution < -0.4 is 4.74 Å². The minimum Gasteiger partial charge on any atom is -0.465 e. The van der Waals surface area contributed by atoms with E-state index in [1.807, 2.05) is 0 Å². The minimum absolute atomic E-state index is 0.102. The largest absolute Gasteiger partial charge is 0.465 e. The minimum atomic E-state index is -0.580. The lowest BCUT2D eigenvalue weighted by molar-refractivity contribution is -0.385. The van der Waals surface area contributed by atoms with E-state index in [4.69, 9.17) is 0 Å². The highest BCUT2D eigenvalue weighted by atomic mass is 16.6. The van der Waals surface area contributed by atoms with Gasteiger partial charge in [0.15, 0.2) is 0 Å². The molecule has 0 aliphatic rings. The van der Waals surface area contributed by atoms with Crippen molar-refractivity contribution in [1.82, 2.24) is 0 Å². The van der Waals surface area contributed by atoms with E-state index < -0.39 is 15.8 Å². The first-order chi connectivity index (χ1) is 11.9. The summed E-state index contributed by atoms with van der Waals surface area (Å²) in [4.78, 5) is 40.2. The predicted octanol–water partition coefficient (Wildman–Crippen LogP) is 2.51. The van der Waals surface area contributed by atoms with E-state index >= 15 is 0 Å². The van der Waals surface area contributed by atoms with Crippen molar-refractivity contribution in [2.45, 2.75) is 0 Å². The summed E-state index contributed by atoms with van der Waals surface area (Å²) in [5.74, 6) is -0.414. The van der Waals surface area contributed by atoms with Crippen molar-refractivity contribution in [3.8, 4) is 5.75 Å². The van der Waals surface area contributed by atoms with Crippen LogP contribution in [0.5, 0.6) is 5.75 Å². The number of nitrogens with zero attached hydrogens (tertiary/aromatic N) is 2. The SMILES string of the molecule is COC(=O)c1cccc([N+](=O)[O-])c1.O=COc1cccc([N+](=O)[O-])c1. The van der Waals surface area contributed by atoms with Gasteiger partial charge in [0, 0.05) is 18.2 Å². The third kappa shape index (κ3) is 6.06. The average Bonchev–Trinajstić information content (AvgIpc) is 2.62. The maximum Gasteiger partial charge on any atom is 0.338 e. The molecule has 0 aliphatic heterocycles. The van der Waals surface area contributed by atoms with Crippen LogP contribution in [-0.4, -0.2) is 29.4 Å². The summed E-state index contributed by atoms with van der Waals surface area (Å²) in [5.41, 5.74) is -0.0473. The first kappa shape index (κ1) is 19.2. The average molecular weight is 348 g/mol. The number of hydrogen-bond acceptors (Lipinski definition) is 8. The van der Waals surface area contributed by atoms with Crippen LogP contribution in [0.15, 0.2) is 48.5 Å². The van der Waals surface area contributed by atoms with Crippen LogP contribution in [0.1, 0.15) is 10.4 Å². The van der Waals surface area contributed by atoms with Gasteiger partial charge in [-0.15, -0.1) is 0 Å². The van der Waals surface area contributed by atoms with E-state index in [-0.39, 0.29) is 29.2 Å². The van der Waals surface area contributed by atoms with Crippen molar-refractivity contribution in [3.63, 3.8) is 0 Å². The second kappa shape index (κ2) is 9.35. The number of non-ortho nitro benzene ring substituents is 2. The molecule has 0 amide bonds. The lowest BCUT2D eigenvalue weighted by Gasteiger charge is -1.97. The number of nitro benzene ring substituents is 2. The van der Waals surface area contributed by atoms with Gasteiger partial charge in [-0.1, -0.05) is 12.1 Å². The number of nitro groups is 2. The third-order valence-corrected chi connectivity index (χ3v) is 2.69. The van der Waals surface area contributed by atoms with Crippen LogP contribution >= 0.6 is 0 Å². The molecule has 2 aromatic rings. The quantitative estimate of drug-likeness (QED) is 0.347. The molecule has 0 aliphatic carbocycles. The van der Waals surface area contributed by atoms with Crippen LogP contribution in [0, 0.1) is 20.2 Å². The fraction of sp³-hybridized carbons (Fsp3) is 0.0667. The maximum atomic E-state index is 10.9. The number of ether oxygens (including phenoxy) is 2. The molecular weight excluding hydrogens is 336 g/mol. The second-order valence-corrected chi connectivity index (χ2v) is 4.27. The first-order valence-corrected chi connectivity index (χ1v) is 6.56. The van der Waals surface area contributed by atoms with Crippen molar-refractivity contribution in [2.75, 3.05) is 7.11 Å². The molecule has 130 valence electrons. The standard InChI is InChI=1S/C8H7NO4.C7H5NO4/c1-13-8(10)6-3-2-4-7(5-6)9(11)12;9-5-12-7-3-1-2-6(4-7)8(10)11/h2-5H,1H3;1-5H. The van der Waals surface area contributed by atoms with Crippen LogP contribution in [-0.2, 0) is 9.53 Å². The van der Waals surface area contributed by atoms with Gasteiger partial charge in [0.2, 0.25) is 0 Å². The van der Waals surface area contributed by atoms with Gasteiger partial charge < -0.3 is 9.47 Å². The summed E-state index contributed by atoms with van der Waals surface area (Å²) >= 11 is 0. The Morgan fingerprint density at radius 3 is 2.08 bits per heavy atom. The highest BCUT2D eigenvalue weighted by molar-refractivity contribution is 5.89. The molecule has 0 aromatic heterocycles. The number of carbonyl (C=O) groups is 2. The molecule has 0 heterocycles. The number of hydrogen-bond donors (Lipinski definition) is 0. The fourth-order valence-corrected chi connectivity index (χ4v) is 1.59. The normalized spacial score (nSPS) is 9.16. The van der Waals surface area contributed by atoms with E-state index in [1.165, 1.54) is 55.6 Å². The van der Waals surface area contributed by atoms with Crippen LogP contribution in [0.4, 0.5) is 11.4 Å². The molecular formula is C15H12N2O8. The molecule has 2 rings (SSSR count). The zero-order chi connectivity index (χ0) is 18.8. The molecule has 0 unspecified atom stereocenters. The number of rotatable bonds is 5. The zero-order valence-electron chi connectivity index (χ0n) is 12.9. The number of esters is 1. The Morgan fingerprint density at radius 2 is 1.56 bits per heavy atom. The van der Waals surface area contributed by atoms with Gasteiger partial charge in [-0.3, -0.25) is 25.0 Å². The lowest BCUT2D eigenvalue weighted by atomic mass is 10.2. The highest BCUT2D eigenvalue weighted by Gasteiger charge is 2.10. The Labute approximate surface area is 140 Å². The summed E-state index contributed by atoms with van der Waals surface area (Å²) < 4.78 is 8.82. The Hall–Kier alpha value is -3.82. The topological polar surface area (TPSA) is 139 Å². The molecule has 2 aromatic carbocycles. The van der Waals surface area contributed by atoms with Gasteiger partial charge in [-0.05, 0) is 12.1 Å². The van der Waals surface area contributed by atoms with Crippen LogP contribution in [0.25, 0.3) is 0 Å². The van der Waals surface area contributed by atoms with Gasteiger partial charge in [-0.2, -0.15) is 0 Å². The summed E-state index contributed by atoms with van der Waals surface area (Å²) in [6.07, 6.45) is 0. The molecule has 10 nitrogen and oxygen atoms in total. The molecule has 0 bridgehead atoms.